The number of halogens is 5. The van der Waals surface area contributed by atoms with Crippen LogP contribution in [0.15, 0.2) is 35.1 Å². The van der Waals surface area contributed by atoms with Crippen LogP contribution in [0.3, 0.4) is 0 Å². The summed E-state index contributed by atoms with van der Waals surface area (Å²) in [7, 11) is 0. The molecule has 0 aliphatic carbocycles. The van der Waals surface area contributed by atoms with E-state index in [-0.39, 0.29) is 5.56 Å². The summed E-state index contributed by atoms with van der Waals surface area (Å²) >= 11 is 0. The number of carbonyl (C=O) groups excluding carboxylic acids is 1. The van der Waals surface area contributed by atoms with Crippen LogP contribution in [0.4, 0.5) is 22.0 Å². The molecule has 6 nitrogen and oxygen atoms in total. The third-order valence-electron chi connectivity index (χ3n) is 5.21. The number of nitriles is 1. The van der Waals surface area contributed by atoms with Crippen molar-refractivity contribution in [2.24, 2.45) is 0 Å². The lowest BCUT2D eigenvalue weighted by Crippen LogP contribution is -2.30. The van der Waals surface area contributed by atoms with E-state index in [1.807, 2.05) is 0 Å². The molecule has 1 aromatic heterocycles. The molecule has 0 fully saturated rings. The second kappa shape index (κ2) is 9.35. The zero-order chi connectivity index (χ0) is 25.3. The first-order valence-electron chi connectivity index (χ1n) is 9.63. The molecule has 0 aliphatic rings. The Bertz CT molecular complexity index is 1370. The summed E-state index contributed by atoms with van der Waals surface area (Å²) in [5.74, 6) is -15.2. The second-order valence-corrected chi connectivity index (χ2v) is 7.18. The Morgan fingerprint density at radius 1 is 1.06 bits per heavy atom. The predicted octanol–water partition coefficient (Wildman–Crippen LogP) is 4.30. The number of hydrogen-bond donors (Lipinski definition) is 1. The maximum Gasteiger partial charge on any atom is 0.272 e. The van der Waals surface area contributed by atoms with E-state index in [1.165, 1.54) is 13.8 Å². The van der Waals surface area contributed by atoms with Gasteiger partial charge in [-0.2, -0.15) is 14.0 Å². The van der Waals surface area contributed by atoms with Gasteiger partial charge in [-0.15, -0.1) is 0 Å². The number of carbonyl (C=O) groups is 1. The van der Waals surface area contributed by atoms with Crippen LogP contribution >= 0.6 is 0 Å². The molecule has 1 atom stereocenters. The van der Waals surface area contributed by atoms with Crippen LogP contribution in [-0.4, -0.2) is 22.1 Å². The normalized spacial score (nSPS) is 11.7. The third-order valence-corrected chi connectivity index (χ3v) is 5.21. The largest absolute Gasteiger partial charge is 0.494 e. The fourth-order valence-electron chi connectivity index (χ4n) is 3.42. The number of aromatic nitrogens is 1. The zero-order valence-electron chi connectivity index (χ0n) is 17.6. The van der Waals surface area contributed by atoms with E-state index in [1.54, 1.807) is 36.4 Å². The van der Waals surface area contributed by atoms with Crippen molar-refractivity contribution in [1.29, 1.82) is 5.26 Å². The summed E-state index contributed by atoms with van der Waals surface area (Å²) in [4.78, 5) is 25.6. The number of rotatable bonds is 6. The maximum absolute atomic E-state index is 13.8. The Labute approximate surface area is 189 Å². The van der Waals surface area contributed by atoms with Gasteiger partial charge in [-0.1, -0.05) is 30.3 Å². The molecular formula is C23H15F5N2O4. The number of pyridine rings is 1. The Hall–Kier alpha value is -4.20. The lowest BCUT2D eigenvalue weighted by Gasteiger charge is -2.21. The summed E-state index contributed by atoms with van der Waals surface area (Å²) in [6.45, 7) is 1.44. The van der Waals surface area contributed by atoms with Gasteiger partial charge in [-0.3, -0.25) is 14.2 Å². The Kier molecular flexibility index (Phi) is 6.72. The molecule has 34 heavy (non-hydrogen) atoms. The van der Waals surface area contributed by atoms with Crippen LogP contribution in [0.2, 0.25) is 0 Å². The van der Waals surface area contributed by atoms with Crippen LogP contribution in [0.25, 0.3) is 0 Å². The van der Waals surface area contributed by atoms with Gasteiger partial charge >= 0.3 is 0 Å². The molecule has 0 saturated heterocycles. The number of ether oxygens (including phenoxy) is 1. The number of benzene rings is 2. The van der Waals surface area contributed by atoms with Gasteiger partial charge in [0.25, 0.3) is 5.56 Å². The topological polar surface area (TPSA) is 92.3 Å². The minimum absolute atomic E-state index is 0.243. The summed E-state index contributed by atoms with van der Waals surface area (Å²) in [6, 6.07) is 9.11. The first kappa shape index (κ1) is 24.4. The van der Waals surface area contributed by atoms with Crippen molar-refractivity contribution in [3.05, 3.63) is 92.0 Å². The fraction of sp³-hybridized carbons (Fsp3) is 0.174. The second-order valence-electron chi connectivity index (χ2n) is 7.18. The quantitative estimate of drug-likeness (QED) is 0.247. The van der Waals surface area contributed by atoms with Gasteiger partial charge in [0.1, 0.15) is 11.6 Å². The molecule has 0 aliphatic heterocycles. The highest BCUT2D eigenvalue weighted by molar-refractivity contribution is 6.01. The molecule has 0 bridgehead atoms. The Balaban J connectivity index is 2.08. The van der Waals surface area contributed by atoms with Crippen LogP contribution in [0.1, 0.15) is 40.0 Å². The van der Waals surface area contributed by atoms with Crippen molar-refractivity contribution in [2.45, 2.75) is 19.9 Å². The van der Waals surface area contributed by atoms with Crippen molar-refractivity contribution in [2.75, 3.05) is 6.61 Å². The molecule has 176 valence electrons. The first-order chi connectivity index (χ1) is 16.0. The highest BCUT2D eigenvalue weighted by Crippen LogP contribution is 2.31. The minimum Gasteiger partial charge on any atom is -0.494 e. The molecule has 1 heterocycles. The minimum atomic E-state index is -2.40. The van der Waals surface area contributed by atoms with E-state index >= 15 is 0 Å². The van der Waals surface area contributed by atoms with E-state index in [2.05, 4.69) is 4.74 Å². The van der Waals surface area contributed by atoms with Gasteiger partial charge in [0.15, 0.2) is 12.4 Å². The standard InChI is InChI=1S/C23H15F5N2O4/c1-10-13(8-29)22(32)30(11(2)12-6-4-3-5-7-12)23(33)15(10)14(31)9-34-21-19(27)17(25)16(24)18(26)20(21)28/h3-7,11,33H,9H2,1-2H3. The van der Waals surface area contributed by atoms with Crippen LogP contribution in [0.5, 0.6) is 11.6 Å². The predicted molar refractivity (Wildman–Crippen MR) is 108 cm³/mol. The number of aromatic hydroxyl groups is 1. The van der Waals surface area contributed by atoms with E-state index in [9.17, 15) is 41.9 Å². The SMILES string of the molecule is Cc1c(C(=O)COc2c(F)c(F)c(F)c(F)c2F)c(O)n(C(C)c2ccccc2)c(=O)c1C#N. The molecule has 0 radical (unpaired) electrons. The Morgan fingerprint density at radius 3 is 2.12 bits per heavy atom. The van der Waals surface area contributed by atoms with Gasteiger partial charge in [0, 0.05) is 0 Å². The summed E-state index contributed by atoms with van der Waals surface area (Å²) < 4.78 is 73.0. The van der Waals surface area contributed by atoms with Crippen molar-refractivity contribution in [3.8, 4) is 17.7 Å². The molecule has 11 heteroatoms. The first-order valence-corrected chi connectivity index (χ1v) is 9.63. The molecule has 3 aromatic rings. The number of Topliss-reactive ketones (excluding diaryl/α,β-unsaturated/α-hetero) is 1. The fourth-order valence-corrected chi connectivity index (χ4v) is 3.42. The molecule has 2 aromatic carbocycles. The van der Waals surface area contributed by atoms with Crippen LogP contribution in [-0.2, 0) is 0 Å². The molecule has 1 unspecified atom stereocenters. The van der Waals surface area contributed by atoms with Crippen LogP contribution < -0.4 is 10.3 Å². The monoisotopic (exact) mass is 478 g/mol. The molecule has 1 N–H and O–H groups in total. The lowest BCUT2D eigenvalue weighted by atomic mass is 10.00. The highest BCUT2D eigenvalue weighted by Gasteiger charge is 2.30. The van der Waals surface area contributed by atoms with Gasteiger partial charge in [0.05, 0.1) is 11.6 Å². The lowest BCUT2D eigenvalue weighted by molar-refractivity contribution is 0.0907. The molecule has 3 rings (SSSR count). The van der Waals surface area contributed by atoms with E-state index < -0.39 is 75.8 Å². The van der Waals surface area contributed by atoms with E-state index in [0.717, 1.165) is 4.57 Å². The number of hydrogen-bond acceptors (Lipinski definition) is 5. The van der Waals surface area contributed by atoms with E-state index in [4.69, 9.17) is 0 Å². The third kappa shape index (κ3) is 3.98. The average molecular weight is 478 g/mol. The summed E-state index contributed by atoms with van der Waals surface area (Å²) in [5.41, 5.74) is -1.66. The maximum atomic E-state index is 13.8. The van der Waals surface area contributed by atoms with Crippen molar-refractivity contribution >= 4 is 5.78 Å². The molecule has 0 amide bonds. The number of ketones is 1. The average Bonchev–Trinajstić information content (AvgIpc) is 2.82. The zero-order valence-corrected chi connectivity index (χ0v) is 17.6. The van der Waals surface area contributed by atoms with Gasteiger partial charge in [0.2, 0.25) is 40.7 Å². The van der Waals surface area contributed by atoms with Crippen molar-refractivity contribution in [3.63, 3.8) is 0 Å². The van der Waals surface area contributed by atoms with Crippen molar-refractivity contribution in [1.82, 2.24) is 4.57 Å². The van der Waals surface area contributed by atoms with Crippen LogP contribution in [0, 0.1) is 47.3 Å². The van der Waals surface area contributed by atoms with Gasteiger partial charge < -0.3 is 9.84 Å². The molecule has 0 saturated carbocycles. The molecule has 0 spiro atoms. The van der Waals surface area contributed by atoms with Gasteiger partial charge in [-0.25, -0.2) is 13.2 Å². The van der Waals surface area contributed by atoms with Crippen molar-refractivity contribution < 1.29 is 36.6 Å². The smallest absolute Gasteiger partial charge is 0.272 e. The summed E-state index contributed by atoms with van der Waals surface area (Å²) in [6.07, 6.45) is 0. The van der Waals surface area contributed by atoms with Gasteiger partial charge in [-0.05, 0) is 25.0 Å². The number of nitrogens with zero attached hydrogens (tertiary/aromatic N) is 2. The molecular weight excluding hydrogens is 463 g/mol. The van der Waals surface area contributed by atoms with E-state index in [0.29, 0.717) is 5.56 Å². The highest BCUT2D eigenvalue weighted by atomic mass is 19.2. The summed E-state index contributed by atoms with van der Waals surface area (Å²) in [5, 5.41) is 20.2. The Morgan fingerprint density at radius 2 is 1.59 bits per heavy atom.